The van der Waals surface area contributed by atoms with Gasteiger partial charge in [0.25, 0.3) is 5.56 Å². The second kappa shape index (κ2) is 8.14. The summed E-state index contributed by atoms with van der Waals surface area (Å²) in [6.07, 6.45) is 1.57. The zero-order chi connectivity index (χ0) is 14.3. The Morgan fingerprint density at radius 2 is 2.26 bits per heavy atom. The summed E-state index contributed by atoms with van der Waals surface area (Å²) >= 11 is 6.04. The average molecular weight is 289 g/mol. The summed E-state index contributed by atoms with van der Waals surface area (Å²) in [6.45, 7) is 5.01. The van der Waals surface area contributed by atoms with Gasteiger partial charge in [0.05, 0.1) is 25.0 Å². The normalized spacial score (nSPS) is 11.0. The fourth-order valence-electron chi connectivity index (χ4n) is 1.44. The Bertz CT molecular complexity index is 448. The molecule has 0 bridgehead atoms. The van der Waals surface area contributed by atoms with Crippen LogP contribution in [-0.4, -0.2) is 55.1 Å². The maximum absolute atomic E-state index is 12.0. The molecule has 0 spiro atoms. The topological polar surface area (TPSA) is 59.4 Å². The number of nitrogens with zero attached hydrogens (tertiary/aromatic N) is 3. The molecule has 1 N–H and O–H groups in total. The minimum atomic E-state index is -0.273. The van der Waals surface area contributed by atoms with Crippen LogP contribution in [0.1, 0.15) is 6.92 Å². The van der Waals surface area contributed by atoms with Gasteiger partial charge in [-0.2, -0.15) is 5.10 Å². The molecule has 1 aromatic heterocycles. The Hall–Kier alpha value is -1.11. The van der Waals surface area contributed by atoms with Crippen LogP contribution >= 0.6 is 11.6 Å². The van der Waals surface area contributed by atoms with Crippen LogP contribution in [0.5, 0.6) is 0 Å². The molecule has 0 aliphatic rings. The van der Waals surface area contributed by atoms with E-state index in [9.17, 15) is 4.79 Å². The van der Waals surface area contributed by atoms with Crippen LogP contribution in [0.15, 0.2) is 11.0 Å². The maximum Gasteiger partial charge on any atom is 0.287 e. The summed E-state index contributed by atoms with van der Waals surface area (Å²) in [5.41, 5.74) is 0.275. The third kappa shape index (κ3) is 5.18. The number of anilines is 1. The van der Waals surface area contributed by atoms with Crippen molar-refractivity contribution in [3.8, 4) is 0 Å². The van der Waals surface area contributed by atoms with Gasteiger partial charge < -0.3 is 15.0 Å². The molecule has 0 saturated carbocycles. The Balaban J connectivity index is 2.66. The van der Waals surface area contributed by atoms with Crippen LogP contribution in [0.3, 0.4) is 0 Å². The first-order chi connectivity index (χ1) is 9.06. The molecule has 0 radical (unpaired) electrons. The van der Waals surface area contributed by atoms with Gasteiger partial charge in [-0.15, -0.1) is 0 Å². The molecule has 0 aliphatic carbocycles. The van der Waals surface area contributed by atoms with Gasteiger partial charge in [0, 0.05) is 19.7 Å². The third-order valence-electron chi connectivity index (χ3n) is 2.51. The van der Waals surface area contributed by atoms with Gasteiger partial charge in [-0.1, -0.05) is 11.6 Å². The van der Waals surface area contributed by atoms with E-state index in [0.717, 1.165) is 6.54 Å². The molecule has 6 nitrogen and oxygen atoms in total. The number of likely N-dealkylation sites (N-methyl/N-ethyl adjacent to an activating group) is 1. The van der Waals surface area contributed by atoms with Crippen molar-refractivity contribution in [1.29, 1.82) is 0 Å². The van der Waals surface area contributed by atoms with E-state index in [1.165, 1.54) is 4.68 Å². The number of hydrogen-bond acceptors (Lipinski definition) is 5. The first-order valence-electron chi connectivity index (χ1n) is 6.28. The van der Waals surface area contributed by atoms with Crippen LogP contribution in [0.4, 0.5) is 5.69 Å². The summed E-state index contributed by atoms with van der Waals surface area (Å²) in [7, 11) is 3.88. The molecule has 1 heterocycles. The quantitative estimate of drug-likeness (QED) is 0.721. The van der Waals surface area contributed by atoms with Crippen LogP contribution in [0, 0.1) is 0 Å². The van der Waals surface area contributed by atoms with Gasteiger partial charge in [-0.3, -0.25) is 4.79 Å². The number of rotatable bonds is 8. The Morgan fingerprint density at radius 3 is 2.89 bits per heavy atom. The lowest BCUT2D eigenvalue weighted by Crippen LogP contribution is -2.29. The Kier molecular flexibility index (Phi) is 6.83. The molecule has 7 heteroatoms. The van der Waals surface area contributed by atoms with Gasteiger partial charge in [0.15, 0.2) is 0 Å². The second-order valence-corrected chi connectivity index (χ2v) is 4.71. The van der Waals surface area contributed by atoms with E-state index in [-0.39, 0.29) is 10.6 Å². The van der Waals surface area contributed by atoms with Crippen molar-refractivity contribution in [2.45, 2.75) is 13.5 Å². The van der Waals surface area contributed by atoms with E-state index >= 15 is 0 Å². The summed E-state index contributed by atoms with van der Waals surface area (Å²) in [5.74, 6) is 0. The van der Waals surface area contributed by atoms with Gasteiger partial charge in [0.2, 0.25) is 0 Å². The minimum Gasteiger partial charge on any atom is -0.380 e. The summed E-state index contributed by atoms with van der Waals surface area (Å²) in [6, 6.07) is 0. The molecule has 19 heavy (non-hydrogen) atoms. The highest BCUT2D eigenvalue weighted by Gasteiger charge is 2.08. The molecule has 0 unspecified atom stereocenters. The Labute approximate surface area is 118 Å². The van der Waals surface area contributed by atoms with E-state index in [2.05, 4.69) is 10.4 Å². The molecule has 0 amide bonds. The molecule has 1 aromatic rings. The van der Waals surface area contributed by atoms with E-state index in [4.69, 9.17) is 16.3 Å². The third-order valence-corrected chi connectivity index (χ3v) is 2.88. The number of nitrogens with one attached hydrogen (secondary N) is 1. The van der Waals surface area contributed by atoms with Gasteiger partial charge >= 0.3 is 0 Å². The SMILES string of the molecule is CCOCCNc1cnn(CCN(C)C)c(=O)c1Cl. The van der Waals surface area contributed by atoms with E-state index in [1.54, 1.807) is 6.20 Å². The summed E-state index contributed by atoms with van der Waals surface area (Å²) in [4.78, 5) is 14.0. The summed E-state index contributed by atoms with van der Waals surface area (Å²) in [5, 5.41) is 7.31. The highest BCUT2D eigenvalue weighted by molar-refractivity contribution is 6.32. The number of ether oxygens (including phenoxy) is 1. The largest absolute Gasteiger partial charge is 0.380 e. The lowest BCUT2D eigenvalue weighted by molar-refractivity contribution is 0.158. The summed E-state index contributed by atoms with van der Waals surface area (Å²) < 4.78 is 6.57. The number of hydrogen-bond donors (Lipinski definition) is 1. The van der Waals surface area contributed by atoms with Gasteiger partial charge in [-0.25, -0.2) is 4.68 Å². The fraction of sp³-hybridized carbons (Fsp3) is 0.667. The van der Waals surface area contributed by atoms with Crippen LogP contribution in [0.2, 0.25) is 5.02 Å². The monoisotopic (exact) mass is 288 g/mol. The first kappa shape index (κ1) is 15.9. The Morgan fingerprint density at radius 1 is 1.53 bits per heavy atom. The van der Waals surface area contributed by atoms with E-state index in [0.29, 0.717) is 32.0 Å². The standard InChI is InChI=1S/C12H21ClN4O2/c1-4-19-8-5-14-10-9-15-17(7-6-16(2)3)12(18)11(10)13/h9,14H,4-8H2,1-3H3. The van der Waals surface area contributed by atoms with Crippen molar-refractivity contribution in [1.82, 2.24) is 14.7 Å². The molecule has 0 atom stereocenters. The first-order valence-corrected chi connectivity index (χ1v) is 6.66. The van der Waals surface area contributed by atoms with E-state index in [1.807, 2.05) is 25.9 Å². The van der Waals surface area contributed by atoms with Crippen molar-refractivity contribution >= 4 is 17.3 Å². The molecular formula is C12H21ClN4O2. The van der Waals surface area contributed by atoms with Crippen molar-refractivity contribution in [2.24, 2.45) is 0 Å². The van der Waals surface area contributed by atoms with Crippen LogP contribution < -0.4 is 10.9 Å². The molecule has 0 saturated heterocycles. The fourth-order valence-corrected chi connectivity index (χ4v) is 1.66. The highest BCUT2D eigenvalue weighted by atomic mass is 35.5. The highest BCUT2D eigenvalue weighted by Crippen LogP contribution is 2.14. The molecule has 1 rings (SSSR count). The maximum atomic E-state index is 12.0. The van der Waals surface area contributed by atoms with E-state index < -0.39 is 0 Å². The number of aromatic nitrogens is 2. The zero-order valence-electron chi connectivity index (χ0n) is 11.6. The zero-order valence-corrected chi connectivity index (χ0v) is 12.4. The molecule has 0 fully saturated rings. The van der Waals surface area contributed by atoms with Gasteiger partial charge in [-0.05, 0) is 21.0 Å². The van der Waals surface area contributed by atoms with Crippen molar-refractivity contribution in [3.05, 3.63) is 21.6 Å². The van der Waals surface area contributed by atoms with Crippen molar-refractivity contribution in [2.75, 3.05) is 45.7 Å². The lowest BCUT2D eigenvalue weighted by atomic mass is 10.4. The predicted molar refractivity (Wildman–Crippen MR) is 77.0 cm³/mol. The molecule has 0 aliphatic heterocycles. The average Bonchev–Trinajstić information content (AvgIpc) is 2.38. The van der Waals surface area contributed by atoms with Gasteiger partial charge in [0.1, 0.15) is 5.02 Å². The number of halogens is 1. The van der Waals surface area contributed by atoms with Crippen LogP contribution in [0.25, 0.3) is 0 Å². The minimum absolute atomic E-state index is 0.172. The second-order valence-electron chi connectivity index (χ2n) is 4.33. The predicted octanol–water partition coefficient (Wildman–Crippen LogP) is 0.907. The molecular weight excluding hydrogens is 268 g/mol. The molecule has 0 aromatic carbocycles. The van der Waals surface area contributed by atoms with Crippen LogP contribution in [-0.2, 0) is 11.3 Å². The van der Waals surface area contributed by atoms with Crippen molar-refractivity contribution in [3.63, 3.8) is 0 Å². The lowest BCUT2D eigenvalue weighted by Gasteiger charge is -2.12. The molecule has 108 valence electrons. The van der Waals surface area contributed by atoms with Crippen molar-refractivity contribution < 1.29 is 4.74 Å². The smallest absolute Gasteiger partial charge is 0.287 e.